The van der Waals surface area contributed by atoms with E-state index in [4.69, 9.17) is 5.21 Å². The normalized spacial score (nSPS) is 14.6. The van der Waals surface area contributed by atoms with Crippen LogP contribution in [0.3, 0.4) is 0 Å². The number of piperazine rings is 1. The molecule has 2 N–H and O–H groups in total. The molecule has 7 heteroatoms. The van der Waals surface area contributed by atoms with Crippen LogP contribution < -0.4 is 10.4 Å². The van der Waals surface area contributed by atoms with Crippen molar-refractivity contribution in [1.29, 1.82) is 0 Å². The Hall–Kier alpha value is -3.45. The van der Waals surface area contributed by atoms with E-state index in [0.29, 0.717) is 24.5 Å². The second-order valence-electron chi connectivity index (χ2n) is 6.28. The number of hydroxylamine groups is 1. The fourth-order valence-electron chi connectivity index (χ4n) is 2.94. The largest absolute Gasteiger partial charge is 0.368 e. The van der Waals surface area contributed by atoms with E-state index >= 15 is 0 Å². The summed E-state index contributed by atoms with van der Waals surface area (Å²) in [5, 5.41) is 8.49. The molecule has 0 aliphatic carbocycles. The zero-order valence-electron chi connectivity index (χ0n) is 15.4. The van der Waals surface area contributed by atoms with Crippen molar-refractivity contribution in [2.75, 3.05) is 31.1 Å². The lowest BCUT2D eigenvalue weighted by atomic mass is 10.2. The summed E-state index contributed by atoms with van der Waals surface area (Å²) in [5.74, 6) is -0.678. The van der Waals surface area contributed by atoms with Crippen LogP contribution in [0.1, 0.15) is 11.4 Å². The van der Waals surface area contributed by atoms with E-state index < -0.39 is 5.91 Å². The van der Waals surface area contributed by atoms with Gasteiger partial charge in [0.15, 0.2) is 0 Å². The van der Waals surface area contributed by atoms with Crippen LogP contribution in [0, 0.1) is 0 Å². The molecule has 1 aliphatic heterocycles. The molecule has 7 nitrogen and oxygen atoms in total. The molecule has 0 radical (unpaired) electrons. The molecule has 28 heavy (non-hydrogen) atoms. The number of amides is 2. The zero-order chi connectivity index (χ0) is 19.8. The second-order valence-corrected chi connectivity index (χ2v) is 6.28. The van der Waals surface area contributed by atoms with Gasteiger partial charge in [0, 0.05) is 44.0 Å². The van der Waals surface area contributed by atoms with E-state index in [2.05, 4.69) is 22.0 Å². The molecule has 0 unspecified atom stereocenters. The Labute approximate surface area is 163 Å². The van der Waals surface area contributed by atoms with Crippen molar-refractivity contribution in [3.8, 4) is 0 Å². The maximum Gasteiger partial charge on any atom is 0.267 e. The van der Waals surface area contributed by atoms with Crippen molar-refractivity contribution in [3.05, 3.63) is 72.1 Å². The van der Waals surface area contributed by atoms with E-state index in [1.54, 1.807) is 24.3 Å². The summed E-state index contributed by atoms with van der Waals surface area (Å²) in [6.45, 7) is 2.94. The van der Waals surface area contributed by atoms with E-state index in [1.165, 1.54) is 29.4 Å². The molecule has 0 spiro atoms. The molecule has 2 aromatic rings. The van der Waals surface area contributed by atoms with Crippen LogP contribution in [0.5, 0.6) is 0 Å². The van der Waals surface area contributed by atoms with Gasteiger partial charge in [-0.1, -0.05) is 24.3 Å². The summed E-state index contributed by atoms with van der Waals surface area (Å²) in [4.78, 5) is 31.9. The molecule has 1 aromatic carbocycles. The van der Waals surface area contributed by atoms with E-state index in [9.17, 15) is 9.59 Å². The quantitative estimate of drug-likeness (QED) is 0.472. The predicted molar refractivity (Wildman–Crippen MR) is 107 cm³/mol. The third-order valence-corrected chi connectivity index (χ3v) is 4.42. The summed E-state index contributed by atoms with van der Waals surface area (Å²) in [6, 6.07) is 15.5. The highest BCUT2D eigenvalue weighted by atomic mass is 16.5. The Morgan fingerprint density at radius 3 is 2.18 bits per heavy atom. The molecule has 144 valence electrons. The Bertz CT molecular complexity index is 872. The first-order valence-corrected chi connectivity index (χ1v) is 9.02. The molecule has 1 saturated heterocycles. The van der Waals surface area contributed by atoms with Gasteiger partial charge in [0.05, 0.1) is 11.4 Å². The van der Waals surface area contributed by atoms with Gasteiger partial charge in [0.2, 0.25) is 5.91 Å². The highest BCUT2D eigenvalue weighted by molar-refractivity contribution is 5.92. The maximum absolute atomic E-state index is 12.5. The van der Waals surface area contributed by atoms with Crippen molar-refractivity contribution < 1.29 is 14.8 Å². The van der Waals surface area contributed by atoms with Crippen LogP contribution in [0.2, 0.25) is 0 Å². The fourth-order valence-corrected chi connectivity index (χ4v) is 2.94. The number of hydrogen-bond acceptors (Lipinski definition) is 5. The fraction of sp³-hybridized carbons (Fsp3) is 0.190. The number of para-hydroxylation sites is 1. The number of aromatic nitrogens is 1. The standard InChI is InChI=1S/C21H22N4O3/c26-20(23-28)11-9-17-5-4-6-18(22-17)10-12-21(27)25-15-13-24(14-16-25)19-7-2-1-3-8-19/h1-12,28H,13-16H2,(H,23,26)/b11-9+,12-10+. The molecule has 3 rings (SSSR count). The van der Waals surface area contributed by atoms with Crippen molar-refractivity contribution in [1.82, 2.24) is 15.4 Å². The first-order chi connectivity index (χ1) is 13.7. The molecule has 1 fully saturated rings. The molecule has 1 aliphatic rings. The van der Waals surface area contributed by atoms with Crippen LogP contribution in [0.25, 0.3) is 12.2 Å². The van der Waals surface area contributed by atoms with E-state index in [1.807, 2.05) is 23.1 Å². The third kappa shape index (κ3) is 5.28. The first kappa shape index (κ1) is 19.3. The lowest BCUT2D eigenvalue weighted by Crippen LogP contribution is -2.48. The molecule has 2 amide bonds. The predicted octanol–water partition coefficient (Wildman–Crippen LogP) is 1.96. The van der Waals surface area contributed by atoms with E-state index in [0.717, 1.165) is 13.1 Å². The summed E-state index contributed by atoms with van der Waals surface area (Å²) in [6.07, 6.45) is 5.84. The molecular formula is C21H22N4O3. The van der Waals surface area contributed by atoms with Crippen LogP contribution in [0.4, 0.5) is 5.69 Å². The summed E-state index contributed by atoms with van der Waals surface area (Å²) in [7, 11) is 0. The summed E-state index contributed by atoms with van der Waals surface area (Å²) >= 11 is 0. The molecule has 1 aromatic heterocycles. The highest BCUT2D eigenvalue weighted by Gasteiger charge is 2.19. The van der Waals surface area contributed by atoms with Gasteiger partial charge >= 0.3 is 0 Å². The minimum atomic E-state index is -0.632. The number of hydrogen-bond donors (Lipinski definition) is 2. The molecule has 0 atom stereocenters. The van der Waals surface area contributed by atoms with Gasteiger partial charge in [-0.2, -0.15) is 0 Å². The van der Waals surface area contributed by atoms with Crippen molar-refractivity contribution in [3.63, 3.8) is 0 Å². The van der Waals surface area contributed by atoms with Gasteiger partial charge in [-0.25, -0.2) is 10.5 Å². The van der Waals surface area contributed by atoms with Crippen LogP contribution in [0.15, 0.2) is 60.7 Å². The van der Waals surface area contributed by atoms with Gasteiger partial charge in [-0.05, 0) is 36.4 Å². The number of carbonyl (C=O) groups excluding carboxylic acids is 2. The van der Waals surface area contributed by atoms with Gasteiger partial charge in [0.1, 0.15) is 0 Å². The number of benzene rings is 1. The average Bonchev–Trinajstić information content (AvgIpc) is 2.76. The van der Waals surface area contributed by atoms with Crippen LogP contribution in [-0.4, -0.2) is 53.1 Å². The molecular weight excluding hydrogens is 356 g/mol. The van der Waals surface area contributed by atoms with E-state index in [-0.39, 0.29) is 5.91 Å². The Kier molecular flexibility index (Phi) is 6.54. The number of nitrogens with zero attached hydrogens (tertiary/aromatic N) is 3. The minimum absolute atomic E-state index is 0.0462. The summed E-state index contributed by atoms with van der Waals surface area (Å²) < 4.78 is 0. The highest BCUT2D eigenvalue weighted by Crippen LogP contribution is 2.15. The molecule has 0 saturated carbocycles. The van der Waals surface area contributed by atoms with Gasteiger partial charge < -0.3 is 9.80 Å². The van der Waals surface area contributed by atoms with Gasteiger partial charge in [-0.15, -0.1) is 0 Å². The smallest absolute Gasteiger partial charge is 0.267 e. The number of anilines is 1. The lowest BCUT2D eigenvalue weighted by Gasteiger charge is -2.35. The number of pyridine rings is 1. The SMILES string of the molecule is O=C(/C=C/c1cccc(/C=C/C(=O)N2CCN(c3ccccc3)CC2)n1)NO. The van der Waals surface area contributed by atoms with Crippen LogP contribution >= 0.6 is 0 Å². The number of nitrogens with one attached hydrogen (secondary N) is 1. The van der Waals surface area contributed by atoms with Crippen molar-refractivity contribution in [2.24, 2.45) is 0 Å². The van der Waals surface area contributed by atoms with Crippen molar-refractivity contribution in [2.45, 2.75) is 0 Å². The Morgan fingerprint density at radius 2 is 1.54 bits per heavy atom. The zero-order valence-corrected chi connectivity index (χ0v) is 15.4. The second kappa shape index (κ2) is 9.48. The summed E-state index contributed by atoms with van der Waals surface area (Å²) in [5.41, 5.74) is 3.86. The van der Waals surface area contributed by atoms with Crippen LogP contribution in [-0.2, 0) is 9.59 Å². The van der Waals surface area contributed by atoms with Gasteiger partial charge in [0.25, 0.3) is 5.91 Å². The van der Waals surface area contributed by atoms with Gasteiger partial charge in [-0.3, -0.25) is 14.8 Å². The number of carbonyl (C=O) groups is 2. The van der Waals surface area contributed by atoms with Crippen molar-refractivity contribution >= 4 is 29.7 Å². The average molecular weight is 378 g/mol. The molecule has 0 bridgehead atoms. The monoisotopic (exact) mass is 378 g/mol. The number of rotatable bonds is 5. The Morgan fingerprint density at radius 1 is 0.893 bits per heavy atom. The lowest BCUT2D eigenvalue weighted by molar-refractivity contribution is -0.126. The topological polar surface area (TPSA) is 85.8 Å². The third-order valence-electron chi connectivity index (χ3n) is 4.42. The maximum atomic E-state index is 12.5. The minimum Gasteiger partial charge on any atom is -0.368 e. The molecule has 2 heterocycles. The Balaban J connectivity index is 1.56. The first-order valence-electron chi connectivity index (χ1n) is 9.02.